The van der Waals surface area contributed by atoms with E-state index in [1.807, 2.05) is 0 Å². The van der Waals surface area contributed by atoms with Crippen LogP contribution in [0, 0.1) is 5.92 Å². The van der Waals surface area contributed by atoms with Crippen LogP contribution in [0.1, 0.15) is 13.8 Å². The molecule has 0 saturated heterocycles. The van der Waals surface area contributed by atoms with Crippen molar-refractivity contribution in [2.24, 2.45) is 5.92 Å². The first-order valence-corrected chi connectivity index (χ1v) is 4.97. The van der Waals surface area contributed by atoms with E-state index in [1.54, 1.807) is 19.4 Å². The summed E-state index contributed by atoms with van der Waals surface area (Å²) < 4.78 is 5.12. The van der Waals surface area contributed by atoms with Crippen molar-refractivity contribution in [3.63, 3.8) is 0 Å². The molecule has 3 N–H and O–H groups in total. The molecule has 5 nitrogen and oxygen atoms in total. The highest BCUT2D eigenvalue weighted by atomic mass is 16.5. The maximum absolute atomic E-state index is 5.56. The normalized spacial score (nSPS) is 12.8. The van der Waals surface area contributed by atoms with Gasteiger partial charge in [-0.05, 0) is 12.0 Å². The van der Waals surface area contributed by atoms with Crippen molar-refractivity contribution >= 4 is 11.8 Å². The van der Waals surface area contributed by atoms with Gasteiger partial charge in [0.15, 0.2) is 0 Å². The summed E-state index contributed by atoms with van der Waals surface area (Å²) in [6, 6.07) is 1.85. The summed E-state index contributed by atoms with van der Waals surface area (Å²) in [6.07, 6.45) is 1.63. The molecule has 5 heteroatoms. The Labute approximate surface area is 90.1 Å². The largest absolute Gasteiger partial charge is 0.384 e. The molecule has 15 heavy (non-hydrogen) atoms. The topological polar surface area (TPSA) is 73.1 Å². The molecule has 0 radical (unpaired) electrons. The maximum Gasteiger partial charge on any atom is 0.224 e. The summed E-state index contributed by atoms with van der Waals surface area (Å²) in [4.78, 5) is 8.16. The van der Waals surface area contributed by atoms with E-state index in [0.29, 0.717) is 24.3 Å². The molecule has 1 unspecified atom stereocenters. The summed E-state index contributed by atoms with van der Waals surface area (Å²) in [7, 11) is 1.68. The molecule has 1 rings (SSSR count). The van der Waals surface area contributed by atoms with Gasteiger partial charge in [-0.25, -0.2) is 4.98 Å². The van der Waals surface area contributed by atoms with Gasteiger partial charge in [0.25, 0.3) is 0 Å². The minimum atomic E-state index is 0.191. The van der Waals surface area contributed by atoms with Crippen LogP contribution in [0.3, 0.4) is 0 Å². The molecule has 1 atom stereocenters. The number of nitrogens with zero attached hydrogens (tertiary/aromatic N) is 2. The molecule has 0 spiro atoms. The highest BCUT2D eigenvalue weighted by Crippen LogP contribution is 2.09. The first-order chi connectivity index (χ1) is 7.13. The zero-order valence-electron chi connectivity index (χ0n) is 9.40. The molecular formula is C10H18N4O. The van der Waals surface area contributed by atoms with E-state index in [-0.39, 0.29) is 6.04 Å². The lowest BCUT2D eigenvalue weighted by molar-refractivity contribution is 0.171. The first-order valence-electron chi connectivity index (χ1n) is 4.97. The number of hydrogen-bond donors (Lipinski definition) is 2. The zero-order valence-corrected chi connectivity index (χ0v) is 9.40. The number of ether oxygens (including phenoxy) is 1. The molecule has 0 aliphatic rings. The van der Waals surface area contributed by atoms with Crippen LogP contribution < -0.4 is 11.1 Å². The van der Waals surface area contributed by atoms with Crippen molar-refractivity contribution < 1.29 is 4.74 Å². The van der Waals surface area contributed by atoms with Gasteiger partial charge in [0.1, 0.15) is 5.82 Å². The van der Waals surface area contributed by atoms with Gasteiger partial charge in [-0.2, -0.15) is 4.98 Å². The SMILES string of the molecule is COCC(Nc1nccc(N)n1)C(C)C. The van der Waals surface area contributed by atoms with Gasteiger partial charge in [-0.3, -0.25) is 0 Å². The molecule has 0 bridgehead atoms. The smallest absolute Gasteiger partial charge is 0.224 e. The van der Waals surface area contributed by atoms with Gasteiger partial charge in [0, 0.05) is 13.3 Å². The van der Waals surface area contributed by atoms with Gasteiger partial charge >= 0.3 is 0 Å². The van der Waals surface area contributed by atoms with Crippen molar-refractivity contribution in [2.75, 3.05) is 24.8 Å². The Morgan fingerprint density at radius 2 is 2.27 bits per heavy atom. The second-order valence-corrected chi connectivity index (χ2v) is 3.76. The molecule has 0 aliphatic carbocycles. The molecule has 0 aromatic carbocycles. The lowest BCUT2D eigenvalue weighted by atomic mass is 10.1. The van der Waals surface area contributed by atoms with Crippen molar-refractivity contribution in [1.82, 2.24) is 9.97 Å². The number of methoxy groups -OCH3 is 1. The van der Waals surface area contributed by atoms with E-state index in [1.165, 1.54) is 0 Å². The number of rotatable bonds is 5. The second-order valence-electron chi connectivity index (χ2n) is 3.76. The van der Waals surface area contributed by atoms with Crippen LogP contribution >= 0.6 is 0 Å². The Balaban J connectivity index is 2.65. The molecule has 84 valence electrons. The van der Waals surface area contributed by atoms with Gasteiger partial charge in [0.05, 0.1) is 12.6 Å². The minimum absolute atomic E-state index is 0.191. The minimum Gasteiger partial charge on any atom is -0.384 e. The van der Waals surface area contributed by atoms with Gasteiger partial charge in [-0.1, -0.05) is 13.8 Å². The molecule has 0 amide bonds. The molecule has 0 saturated carbocycles. The number of nitrogen functional groups attached to an aromatic ring is 1. The number of nitrogens with one attached hydrogen (secondary N) is 1. The highest BCUT2D eigenvalue weighted by Gasteiger charge is 2.13. The predicted molar refractivity (Wildman–Crippen MR) is 60.6 cm³/mol. The van der Waals surface area contributed by atoms with Gasteiger partial charge in [-0.15, -0.1) is 0 Å². The standard InChI is InChI=1S/C10H18N4O/c1-7(2)8(6-15-3)13-10-12-5-4-9(11)14-10/h4-5,7-8H,6H2,1-3H3,(H3,11,12,13,14). The molecule has 1 heterocycles. The van der Waals surface area contributed by atoms with Crippen LogP contribution in [0.15, 0.2) is 12.3 Å². The summed E-state index contributed by atoms with van der Waals surface area (Å²) in [5.74, 6) is 1.45. The third-order valence-corrected chi connectivity index (χ3v) is 2.14. The fourth-order valence-electron chi connectivity index (χ4n) is 1.19. The Hall–Kier alpha value is -1.36. The van der Waals surface area contributed by atoms with Crippen molar-refractivity contribution in [1.29, 1.82) is 0 Å². The van der Waals surface area contributed by atoms with E-state index in [2.05, 4.69) is 29.1 Å². The Kier molecular flexibility index (Phi) is 4.30. The fourth-order valence-corrected chi connectivity index (χ4v) is 1.19. The van der Waals surface area contributed by atoms with Crippen LogP contribution in [0.4, 0.5) is 11.8 Å². The third-order valence-electron chi connectivity index (χ3n) is 2.14. The quantitative estimate of drug-likeness (QED) is 0.762. The Morgan fingerprint density at radius 3 is 2.80 bits per heavy atom. The van der Waals surface area contributed by atoms with Crippen LogP contribution in [0.5, 0.6) is 0 Å². The maximum atomic E-state index is 5.56. The Bertz CT molecular complexity index is 303. The van der Waals surface area contributed by atoms with Crippen LogP contribution in [0.25, 0.3) is 0 Å². The van der Waals surface area contributed by atoms with Crippen molar-refractivity contribution in [3.05, 3.63) is 12.3 Å². The average molecular weight is 210 g/mol. The predicted octanol–water partition coefficient (Wildman–Crippen LogP) is 1.14. The van der Waals surface area contributed by atoms with Gasteiger partial charge in [0.2, 0.25) is 5.95 Å². The Morgan fingerprint density at radius 1 is 1.53 bits per heavy atom. The highest BCUT2D eigenvalue weighted by molar-refractivity contribution is 5.35. The van der Waals surface area contributed by atoms with E-state index in [0.717, 1.165) is 0 Å². The zero-order chi connectivity index (χ0) is 11.3. The molecule has 1 aromatic rings. The van der Waals surface area contributed by atoms with E-state index < -0.39 is 0 Å². The number of hydrogen-bond acceptors (Lipinski definition) is 5. The average Bonchev–Trinajstić information content (AvgIpc) is 2.17. The molecule has 0 aliphatic heterocycles. The fraction of sp³-hybridized carbons (Fsp3) is 0.600. The molecule has 0 fully saturated rings. The van der Waals surface area contributed by atoms with Crippen LogP contribution in [-0.2, 0) is 4.74 Å². The van der Waals surface area contributed by atoms with Crippen LogP contribution in [-0.4, -0.2) is 29.7 Å². The monoisotopic (exact) mass is 210 g/mol. The third kappa shape index (κ3) is 3.71. The molecular weight excluding hydrogens is 192 g/mol. The lowest BCUT2D eigenvalue weighted by Crippen LogP contribution is -2.31. The van der Waals surface area contributed by atoms with Crippen molar-refractivity contribution in [2.45, 2.75) is 19.9 Å². The summed E-state index contributed by atoms with van der Waals surface area (Å²) >= 11 is 0. The summed E-state index contributed by atoms with van der Waals surface area (Å²) in [5.41, 5.74) is 5.56. The first kappa shape index (κ1) is 11.7. The van der Waals surface area contributed by atoms with Crippen molar-refractivity contribution in [3.8, 4) is 0 Å². The van der Waals surface area contributed by atoms with E-state index >= 15 is 0 Å². The van der Waals surface area contributed by atoms with Gasteiger partial charge < -0.3 is 15.8 Å². The molecule has 1 aromatic heterocycles. The second kappa shape index (κ2) is 5.50. The summed E-state index contributed by atoms with van der Waals surface area (Å²) in [5, 5.41) is 3.19. The number of aromatic nitrogens is 2. The summed E-state index contributed by atoms with van der Waals surface area (Å²) in [6.45, 7) is 4.85. The van der Waals surface area contributed by atoms with E-state index in [9.17, 15) is 0 Å². The van der Waals surface area contributed by atoms with Crippen LogP contribution in [0.2, 0.25) is 0 Å². The number of anilines is 2. The number of nitrogens with two attached hydrogens (primary N) is 1. The van der Waals surface area contributed by atoms with E-state index in [4.69, 9.17) is 10.5 Å². The lowest BCUT2D eigenvalue weighted by Gasteiger charge is -2.21.